The number of esters is 1. The van der Waals surface area contributed by atoms with Crippen molar-refractivity contribution in [2.75, 3.05) is 20.1 Å². The molecule has 0 spiro atoms. The van der Waals surface area contributed by atoms with E-state index in [-0.39, 0.29) is 37.4 Å². The molecule has 2 amide bonds. The average Bonchev–Trinajstić information content (AvgIpc) is 2.57. The third-order valence-electron chi connectivity index (χ3n) is 3.23. The molecule has 0 aliphatic heterocycles. The zero-order valence-electron chi connectivity index (χ0n) is 13.7. The quantitative estimate of drug-likeness (QED) is 0.552. The molecule has 1 rings (SSSR count). The van der Waals surface area contributed by atoms with Crippen LogP contribution in [0.25, 0.3) is 0 Å². The van der Waals surface area contributed by atoms with Gasteiger partial charge in [-0.15, -0.1) is 0 Å². The lowest BCUT2D eigenvalue weighted by Crippen LogP contribution is -2.38. The first kappa shape index (κ1) is 18.7. The number of benzene rings is 1. The third-order valence-corrected chi connectivity index (χ3v) is 3.23. The summed E-state index contributed by atoms with van der Waals surface area (Å²) in [7, 11) is 1.59. The van der Waals surface area contributed by atoms with Crippen LogP contribution in [0.15, 0.2) is 30.3 Å². The predicted molar refractivity (Wildman–Crippen MR) is 86.4 cm³/mol. The molecule has 0 fully saturated rings. The molecule has 0 heterocycles. The van der Waals surface area contributed by atoms with E-state index in [2.05, 4.69) is 5.32 Å². The van der Waals surface area contributed by atoms with E-state index in [0.29, 0.717) is 19.4 Å². The maximum absolute atomic E-state index is 11.6. The summed E-state index contributed by atoms with van der Waals surface area (Å²) in [6, 6.07) is 9.46. The van der Waals surface area contributed by atoms with E-state index in [1.807, 2.05) is 30.3 Å². The summed E-state index contributed by atoms with van der Waals surface area (Å²) in [4.78, 5) is 35.9. The zero-order chi connectivity index (χ0) is 17.1. The highest BCUT2D eigenvalue weighted by atomic mass is 16.5. The van der Waals surface area contributed by atoms with Gasteiger partial charge in [-0.2, -0.15) is 0 Å². The fraction of sp³-hybridized carbons (Fsp3) is 0.471. The lowest BCUT2D eigenvalue weighted by molar-refractivity contribution is -0.145. The molecule has 0 saturated carbocycles. The Hall–Kier alpha value is -2.37. The summed E-state index contributed by atoms with van der Waals surface area (Å²) in [5, 5.41) is 2.68. The van der Waals surface area contributed by atoms with Crippen LogP contribution >= 0.6 is 0 Å². The maximum atomic E-state index is 11.6. The van der Waals surface area contributed by atoms with Gasteiger partial charge in [0.1, 0.15) is 6.61 Å². The largest absolute Gasteiger partial charge is 0.461 e. The van der Waals surface area contributed by atoms with Crippen molar-refractivity contribution in [2.45, 2.75) is 32.8 Å². The number of rotatable bonds is 9. The van der Waals surface area contributed by atoms with Gasteiger partial charge in [0.25, 0.3) is 0 Å². The van der Waals surface area contributed by atoms with Crippen LogP contribution in [0, 0.1) is 0 Å². The van der Waals surface area contributed by atoms with Gasteiger partial charge < -0.3 is 15.0 Å². The smallest absolute Gasteiger partial charge is 0.306 e. The minimum atomic E-state index is -0.290. The minimum absolute atomic E-state index is 0.0329. The molecule has 6 heteroatoms. The molecule has 1 aromatic rings. The highest BCUT2D eigenvalue weighted by Gasteiger charge is 2.10. The highest BCUT2D eigenvalue weighted by molar-refractivity contribution is 5.84. The zero-order valence-corrected chi connectivity index (χ0v) is 13.7. The standard InChI is InChI=1S/C17H24N2O4/c1-3-16(21)19(2)12-15(20)18-11-7-10-17(22)23-13-14-8-5-4-6-9-14/h4-6,8-9H,3,7,10-13H2,1-2H3,(H,18,20). The van der Waals surface area contributed by atoms with Crippen LogP contribution in [0.3, 0.4) is 0 Å². The summed E-state index contributed by atoms with van der Waals surface area (Å²) >= 11 is 0. The van der Waals surface area contributed by atoms with E-state index < -0.39 is 0 Å². The molecule has 0 radical (unpaired) electrons. The van der Waals surface area contributed by atoms with Gasteiger partial charge in [0.2, 0.25) is 11.8 Å². The third kappa shape index (κ3) is 7.99. The SMILES string of the molecule is CCC(=O)N(C)CC(=O)NCCCC(=O)OCc1ccccc1. The van der Waals surface area contributed by atoms with Gasteiger partial charge in [-0.1, -0.05) is 37.3 Å². The summed E-state index contributed by atoms with van der Waals surface area (Å²) < 4.78 is 5.14. The molecule has 0 atom stereocenters. The van der Waals surface area contributed by atoms with Crippen molar-refractivity contribution < 1.29 is 19.1 Å². The van der Waals surface area contributed by atoms with Crippen molar-refractivity contribution in [3.63, 3.8) is 0 Å². The number of carbonyl (C=O) groups is 3. The fourth-order valence-electron chi connectivity index (χ4n) is 1.90. The van der Waals surface area contributed by atoms with Crippen LogP contribution in [-0.4, -0.2) is 42.8 Å². The molecule has 0 aliphatic rings. The van der Waals surface area contributed by atoms with Crippen molar-refractivity contribution >= 4 is 17.8 Å². The van der Waals surface area contributed by atoms with Crippen LogP contribution in [0.2, 0.25) is 0 Å². The second kappa shape index (κ2) is 10.4. The van der Waals surface area contributed by atoms with Gasteiger partial charge in [-0.3, -0.25) is 14.4 Å². The van der Waals surface area contributed by atoms with E-state index in [0.717, 1.165) is 5.56 Å². The second-order valence-corrected chi connectivity index (χ2v) is 5.20. The van der Waals surface area contributed by atoms with Crippen molar-refractivity contribution in [3.8, 4) is 0 Å². The summed E-state index contributed by atoms with van der Waals surface area (Å²) in [5.74, 6) is -0.599. The predicted octanol–water partition coefficient (Wildman–Crippen LogP) is 1.49. The molecule has 1 aromatic carbocycles. The molecule has 23 heavy (non-hydrogen) atoms. The topological polar surface area (TPSA) is 75.7 Å². The lowest BCUT2D eigenvalue weighted by atomic mass is 10.2. The van der Waals surface area contributed by atoms with E-state index in [4.69, 9.17) is 4.74 Å². The molecule has 0 unspecified atom stereocenters. The van der Waals surface area contributed by atoms with Gasteiger partial charge in [0.15, 0.2) is 0 Å². The maximum Gasteiger partial charge on any atom is 0.306 e. The van der Waals surface area contributed by atoms with E-state index in [1.165, 1.54) is 4.90 Å². The first-order valence-corrected chi connectivity index (χ1v) is 7.73. The molecule has 6 nitrogen and oxygen atoms in total. The van der Waals surface area contributed by atoms with Gasteiger partial charge in [0.05, 0.1) is 6.54 Å². The Morgan fingerprint density at radius 1 is 1.17 bits per heavy atom. The minimum Gasteiger partial charge on any atom is -0.461 e. The fourth-order valence-corrected chi connectivity index (χ4v) is 1.90. The Morgan fingerprint density at radius 3 is 2.52 bits per heavy atom. The summed E-state index contributed by atoms with van der Waals surface area (Å²) in [5.41, 5.74) is 0.942. The van der Waals surface area contributed by atoms with Gasteiger partial charge in [-0.05, 0) is 12.0 Å². The Morgan fingerprint density at radius 2 is 1.87 bits per heavy atom. The molecule has 0 aliphatic carbocycles. The lowest BCUT2D eigenvalue weighted by Gasteiger charge is -2.15. The van der Waals surface area contributed by atoms with Crippen molar-refractivity contribution in [1.29, 1.82) is 0 Å². The number of likely N-dealkylation sites (N-methyl/N-ethyl adjacent to an activating group) is 1. The summed E-state index contributed by atoms with van der Waals surface area (Å²) in [6.45, 7) is 2.42. The highest BCUT2D eigenvalue weighted by Crippen LogP contribution is 2.02. The van der Waals surface area contributed by atoms with Gasteiger partial charge in [-0.25, -0.2) is 0 Å². The van der Waals surface area contributed by atoms with Crippen molar-refractivity contribution in [1.82, 2.24) is 10.2 Å². The van der Waals surface area contributed by atoms with Crippen LogP contribution in [-0.2, 0) is 25.7 Å². The van der Waals surface area contributed by atoms with Crippen molar-refractivity contribution in [3.05, 3.63) is 35.9 Å². The number of nitrogens with zero attached hydrogens (tertiary/aromatic N) is 1. The Kier molecular flexibility index (Phi) is 8.42. The van der Waals surface area contributed by atoms with E-state index in [9.17, 15) is 14.4 Å². The van der Waals surface area contributed by atoms with Crippen molar-refractivity contribution in [2.24, 2.45) is 0 Å². The van der Waals surface area contributed by atoms with Crippen LogP contribution in [0.5, 0.6) is 0 Å². The van der Waals surface area contributed by atoms with E-state index in [1.54, 1.807) is 14.0 Å². The molecule has 1 N–H and O–H groups in total. The molecular formula is C17H24N2O4. The number of hydrogen-bond acceptors (Lipinski definition) is 4. The Balaban J connectivity index is 2.11. The van der Waals surface area contributed by atoms with Crippen LogP contribution < -0.4 is 5.32 Å². The number of ether oxygens (including phenoxy) is 1. The molecule has 0 saturated heterocycles. The number of hydrogen-bond donors (Lipinski definition) is 1. The molecular weight excluding hydrogens is 296 g/mol. The molecule has 126 valence electrons. The number of nitrogens with one attached hydrogen (secondary N) is 1. The normalized spacial score (nSPS) is 10.0. The monoisotopic (exact) mass is 320 g/mol. The number of amides is 2. The van der Waals surface area contributed by atoms with Gasteiger partial charge >= 0.3 is 5.97 Å². The van der Waals surface area contributed by atoms with E-state index >= 15 is 0 Å². The first-order chi connectivity index (χ1) is 11.0. The average molecular weight is 320 g/mol. The van der Waals surface area contributed by atoms with Gasteiger partial charge in [0, 0.05) is 26.4 Å². The van der Waals surface area contributed by atoms with Crippen LogP contribution in [0.1, 0.15) is 31.7 Å². The molecule has 0 aromatic heterocycles. The van der Waals surface area contributed by atoms with Crippen LogP contribution in [0.4, 0.5) is 0 Å². The Bertz CT molecular complexity index is 517. The second-order valence-electron chi connectivity index (χ2n) is 5.20. The molecule has 0 bridgehead atoms. The number of carbonyl (C=O) groups excluding carboxylic acids is 3. The first-order valence-electron chi connectivity index (χ1n) is 7.73. The Labute approximate surface area is 136 Å². The summed E-state index contributed by atoms with van der Waals surface area (Å²) in [6.07, 6.45) is 1.12.